The maximum absolute atomic E-state index is 3.68. The minimum absolute atomic E-state index is 0.603. The van der Waals surface area contributed by atoms with Gasteiger partial charge in [0.1, 0.15) is 0 Å². The summed E-state index contributed by atoms with van der Waals surface area (Å²) in [5.41, 5.74) is 1.25. The molecule has 0 aromatic carbocycles. The van der Waals surface area contributed by atoms with Crippen LogP contribution in [-0.2, 0) is 0 Å². The van der Waals surface area contributed by atoms with Gasteiger partial charge in [-0.1, -0.05) is 33.6 Å². The van der Waals surface area contributed by atoms with Crippen LogP contribution in [0, 0.1) is 22.7 Å². The Morgan fingerprint density at radius 2 is 1.76 bits per heavy atom. The molecule has 1 heterocycles. The fraction of sp³-hybridized carbons (Fsp3) is 1.00. The number of hydrogen-bond acceptors (Lipinski definition) is 1. The van der Waals surface area contributed by atoms with Gasteiger partial charge in [0.2, 0.25) is 0 Å². The zero-order valence-electron chi connectivity index (χ0n) is 11.9. The van der Waals surface area contributed by atoms with Crippen LogP contribution in [0.15, 0.2) is 0 Å². The molecule has 0 radical (unpaired) electrons. The quantitative estimate of drug-likeness (QED) is 0.669. The first kappa shape index (κ1) is 12.0. The first-order valence-corrected chi connectivity index (χ1v) is 7.75. The second kappa shape index (κ2) is 3.98. The van der Waals surface area contributed by atoms with E-state index >= 15 is 0 Å². The molecule has 0 aromatic rings. The summed E-state index contributed by atoms with van der Waals surface area (Å²) < 4.78 is 0. The van der Waals surface area contributed by atoms with Gasteiger partial charge in [-0.2, -0.15) is 0 Å². The molecule has 4 unspecified atom stereocenters. The zero-order chi connectivity index (χ0) is 12.1. The summed E-state index contributed by atoms with van der Waals surface area (Å²) in [6, 6.07) is 0.853. The Morgan fingerprint density at radius 1 is 0.941 bits per heavy atom. The van der Waals surface area contributed by atoms with E-state index in [4.69, 9.17) is 0 Å². The summed E-state index contributed by atoms with van der Waals surface area (Å²) in [4.78, 5) is 0. The van der Waals surface area contributed by atoms with Gasteiger partial charge in [-0.05, 0) is 54.8 Å². The first-order valence-electron chi connectivity index (χ1n) is 7.75. The van der Waals surface area contributed by atoms with Crippen LogP contribution in [0.25, 0.3) is 0 Å². The molecule has 2 aliphatic carbocycles. The molecule has 3 aliphatic rings. The van der Waals surface area contributed by atoms with Crippen LogP contribution in [0.2, 0.25) is 0 Å². The van der Waals surface area contributed by atoms with E-state index in [-0.39, 0.29) is 0 Å². The summed E-state index contributed by atoms with van der Waals surface area (Å²) in [7, 11) is 0. The molecule has 1 aliphatic heterocycles. The van der Waals surface area contributed by atoms with Gasteiger partial charge in [0.25, 0.3) is 0 Å². The molecule has 1 N–H and O–H groups in total. The second-order valence-corrected chi connectivity index (χ2v) is 7.98. The highest BCUT2D eigenvalue weighted by molar-refractivity contribution is 5.07. The van der Waals surface area contributed by atoms with E-state index in [2.05, 4.69) is 26.1 Å². The first-order chi connectivity index (χ1) is 8.01. The van der Waals surface area contributed by atoms with Crippen molar-refractivity contribution in [3.05, 3.63) is 0 Å². The van der Waals surface area contributed by atoms with Crippen LogP contribution in [0.1, 0.15) is 65.7 Å². The Kier molecular flexibility index (Phi) is 2.81. The van der Waals surface area contributed by atoms with Crippen molar-refractivity contribution in [1.82, 2.24) is 5.32 Å². The molecule has 3 fully saturated rings. The van der Waals surface area contributed by atoms with Crippen LogP contribution in [0.5, 0.6) is 0 Å². The van der Waals surface area contributed by atoms with Crippen molar-refractivity contribution in [2.75, 3.05) is 6.54 Å². The van der Waals surface area contributed by atoms with E-state index in [0.29, 0.717) is 10.8 Å². The SMILES string of the molecule is CC1(C)CCCC2CCC3NCC3(C)C2CC1. The van der Waals surface area contributed by atoms with Crippen LogP contribution in [0.3, 0.4) is 0 Å². The Bertz CT molecular complexity index is 296. The number of fused-ring (bicyclic) bond motifs is 3. The topological polar surface area (TPSA) is 12.0 Å². The maximum atomic E-state index is 3.68. The highest BCUT2D eigenvalue weighted by Gasteiger charge is 2.53. The standard InChI is InChI=1S/C16H29N/c1-15(2)9-4-5-12-6-7-14-16(3,11-17-14)13(12)8-10-15/h12-14,17H,4-11H2,1-3H3. The predicted octanol–water partition coefficient (Wildman–Crippen LogP) is 3.98. The lowest BCUT2D eigenvalue weighted by Crippen LogP contribution is -2.67. The zero-order valence-corrected chi connectivity index (χ0v) is 11.9. The molecule has 3 rings (SSSR count). The summed E-state index contributed by atoms with van der Waals surface area (Å²) in [6.07, 6.45) is 10.3. The van der Waals surface area contributed by atoms with E-state index < -0.39 is 0 Å². The van der Waals surface area contributed by atoms with Gasteiger partial charge in [-0.3, -0.25) is 0 Å². The molecule has 0 spiro atoms. The Labute approximate surface area is 107 Å². The summed E-state index contributed by atoms with van der Waals surface area (Å²) in [5, 5.41) is 3.68. The smallest absolute Gasteiger partial charge is 0.0136 e. The lowest BCUT2D eigenvalue weighted by atomic mass is 9.53. The van der Waals surface area contributed by atoms with Gasteiger partial charge in [-0.25, -0.2) is 0 Å². The molecule has 17 heavy (non-hydrogen) atoms. The largest absolute Gasteiger partial charge is 0.313 e. The van der Waals surface area contributed by atoms with Gasteiger partial charge in [0, 0.05) is 12.6 Å². The molecule has 2 saturated carbocycles. The van der Waals surface area contributed by atoms with Gasteiger partial charge >= 0.3 is 0 Å². The van der Waals surface area contributed by atoms with Gasteiger partial charge in [-0.15, -0.1) is 0 Å². The fourth-order valence-electron chi connectivity index (χ4n) is 4.94. The van der Waals surface area contributed by atoms with Gasteiger partial charge in [0.05, 0.1) is 0 Å². The molecule has 0 aromatic heterocycles. The highest BCUT2D eigenvalue weighted by atomic mass is 15.1. The van der Waals surface area contributed by atoms with E-state index in [1.165, 1.54) is 51.5 Å². The lowest BCUT2D eigenvalue weighted by Gasteiger charge is -2.60. The average molecular weight is 235 g/mol. The summed E-state index contributed by atoms with van der Waals surface area (Å²) in [5.74, 6) is 2.07. The Hall–Kier alpha value is -0.0400. The third-order valence-corrected chi connectivity index (χ3v) is 6.33. The summed E-state index contributed by atoms with van der Waals surface area (Å²) >= 11 is 0. The Morgan fingerprint density at radius 3 is 2.47 bits per heavy atom. The number of hydrogen-bond donors (Lipinski definition) is 1. The molecule has 1 nitrogen and oxygen atoms in total. The maximum Gasteiger partial charge on any atom is 0.0136 e. The van der Waals surface area contributed by atoms with E-state index in [1.54, 1.807) is 0 Å². The molecular formula is C16H29N. The van der Waals surface area contributed by atoms with Crippen molar-refractivity contribution < 1.29 is 0 Å². The van der Waals surface area contributed by atoms with Crippen molar-refractivity contribution in [2.24, 2.45) is 22.7 Å². The van der Waals surface area contributed by atoms with Crippen LogP contribution < -0.4 is 5.32 Å². The average Bonchev–Trinajstić information content (AvgIpc) is 2.22. The van der Waals surface area contributed by atoms with E-state index in [0.717, 1.165) is 17.9 Å². The molecular weight excluding hydrogens is 206 g/mol. The second-order valence-electron chi connectivity index (χ2n) is 7.98. The molecule has 0 amide bonds. The van der Waals surface area contributed by atoms with Crippen molar-refractivity contribution in [1.29, 1.82) is 0 Å². The van der Waals surface area contributed by atoms with Crippen LogP contribution in [0.4, 0.5) is 0 Å². The Balaban J connectivity index is 1.77. The minimum Gasteiger partial charge on any atom is -0.313 e. The van der Waals surface area contributed by atoms with Crippen molar-refractivity contribution in [3.8, 4) is 0 Å². The third-order valence-electron chi connectivity index (χ3n) is 6.33. The van der Waals surface area contributed by atoms with Crippen molar-refractivity contribution in [3.63, 3.8) is 0 Å². The lowest BCUT2D eigenvalue weighted by molar-refractivity contribution is -0.0593. The highest BCUT2D eigenvalue weighted by Crippen LogP contribution is 2.54. The van der Waals surface area contributed by atoms with Crippen molar-refractivity contribution in [2.45, 2.75) is 71.8 Å². The molecule has 0 bridgehead atoms. The normalized spacial score (nSPS) is 49.2. The fourth-order valence-corrected chi connectivity index (χ4v) is 4.94. The molecule has 1 saturated heterocycles. The predicted molar refractivity (Wildman–Crippen MR) is 73.0 cm³/mol. The number of nitrogens with one attached hydrogen (secondary N) is 1. The number of rotatable bonds is 0. The van der Waals surface area contributed by atoms with Crippen molar-refractivity contribution >= 4 is 0 Å². The van der Waals surface area contributed by atoms with Gasteiger partial charge in [0.15, 0.2) is 0 Å². The van der Waals surface area contributed by atoms with Gasteiger partial charge < -0.3 is 5.32 Å². The van der Waals surface area contributed by atoms with Crippen LogP contribution in [-0.4, -0.2) is 12.6 Å². The van der Waals surface area contributed by atoms with Crippen LogP contribution >= 0.6 is 0 Å². The molecule has 4 atom stereocenters. The minimum atomic E-state index is 0.603. The third kappa shape index (κ3) is 1.95. The molecule has 98 valence electrons. The van der Waals surface area contributed by atoms with E-state index in [1.807, 2.05) is 0 Å². The molecule has 1 heteroatoms. The summed E-state index contributed by atoms with van der Waals surface area (Å²) in [6.45, 7) is 8.82. The monoisotopic (exact) mass is 235 g/mol. The van der Waals surface area contributed by atoms with E-state index in [9.17, 15) is 0 Å².